The largest absolute Gasteiger partial charge is 0.389 e. The highest BCUT2D eigenvalue weighted by Gasteiger charge is 2.21. The minimum atomic E-state index is -0.685. The highest BCUT2D eigenvalue weighted by Crippen LogP contribution is 2.29. The molecule has 0 radical (unpaired) electrons. The summed E-state index contributed by atoms with van der Waals surface area (Å²) in [6.45, 7) is 2.22. The standard InChI is InChI=1S/C18H25N3O3S.ClH/c22-12(10-24-13-4-2-1-3-5-13)9-21-11-20-17-16(18(21)23)14-6-7-19-8-15(14)25-17;/h11-13,19,22H,1-10H2;1H. The van der Waals surface area contributed by atoms with Crippen LogP contribution in [0.1, 0.15) is 42.5 Å². The van der Waals surface area contributed by atoms with Crippen LogP contribution in [-0.2, 0) is 24.2 Å². The lowest BCUT2D eigenvalue weighted by Crippen LogP contribution is -2.31. The summed E-state index contributed by atoms with van der Waals surface area (Å²) < 4.78 is 7.36. The van der Waals surface area contributed by atoms with Crippen molar-refractivity contribution in [2.45, 2.75) is 63.8 Å². The Balaban J connectivity index is 0.00000196. The molecule has 1 atom stereocenters. The van der Waals surface area contributed by atoms with Crippen molar-refractivity contribution in [1.29, 1.82) is 0 Å². The lowest BCUT2D eigenvalue weighted by molar-refractivity contribution is -0.0286. The number of nitrogens with zero attached hydrogens (tertiary/aromatic N) is 2. The molecule has 4 rings (SSSR count). The normalized spacial score (nSPS) is 19.1. The van der Waals surface area contributed by atoms with E-state index in [9.17, 15) is 9.90 Å². The molecule has 0 bridgehead atoms. The van der Waals surface area contributed by atoms with Crippen molar-refractivity contribution in [1.82, 2.24) is 14.9 Å². The Bertz CT molecular complexity index is 801. The lowest BCUT2D eigenvalue weighted by atomic mass is 9.98. The molecule has 144 valence electrons. The van der Waals surface area contributed by atoms with Gasteiger partial charge in [0.25, 0.3) is 5.56 Å². The maximum absolute atomic E-state index is 12.9. The van der Waals surface area contributed by atoms with Crippen molar-refractivity contribution in [3.63, 3.8) is 0 Å². The maximum Gasteiger partial charge on any atom is 0.262 e. The molecule has 2 N–H and O–H groups in total. The molecule has 1 aliphatic carbocycles. The van der Waals surface area contributed by atoms with Crippen LogP contribution < -0.4 is 10.9 Å². The zero-order valence-corrected chi connectivity index (χ0v) is 16.4. The first-order valence-corrected chi connectivity index (χ1v) is 10.0. The van der Waals surface area contributed by atoms with E-state index in [0.717, 1.165) is 48.1 Å². The molecule has 1 saturated carbocycles. The minimum absolute atomic E-state index is 0. The van der Waals surface area contributed by atoms with Gasteiger partial charge in [-0.05, 0) is 31.4 Å². The number of aliphatic hydroxyl groups excluding tert-OH is 1. The molecular weight excluding hydrogens is 374 g/mol. The van der Waals surface area contributed by atoms with Gasteiger partial charge in [0.1, 0.15) is 4.83 Å². The first-order valence-electron chi connectivity index (χ1n) is 9.22. The molecule has 1 aliphatic heterocycles. The number of rotatable bonds is 5. The number of hydrogen-bond acceptors (Lipinski definition) is 6. The van der Waals surface area contributed by atoms with Crippen molar-refractivity contribution < 1.29 is 9.84 Å². The molecule has 1 unspecified atom stereocenters. The third kappa shape index (κ3) is 4.12. The van der Waals surface area contributed by atoms with Crippen LogP contribution in [0.2, 0.25) is 0 Å². The summed E-state index contributed by atoms with van der Waals surface area (Å²) in [5.41, 5.74) is 1.10. The van der Waals surface area contributed by atoms with Gasteiger partial charge >= 0.3 is 0 Å². The summed E-state index contributed by atoms with van der Waals surface area (Å²) in [6, 6.07) is 0. The zero-order valence-electron chi connectivity index (χ0n) is 14.8. The van der Waals surface area contributed by atoms with Crippen molar-refractivity contribution >= 4 is 34.0 Å². The van der Waals surface area contributed by atoms with E-state index in [1.165, 1.54) is 28.7 Å². The second-order valence-electron chi connectivity index (χ2n) is 7.06. The van der Waals surface area contributed by atoms with Crippen LogP contribution in [0.25, 0.3) is 10.2 Å². The predicted molar refractivity (Wildman–Crippen MR) is 105 cm³/mol. The molecule has 0 saturated heterocycles. The maximum atomic E-state index is 12.9. The molecule has 8 heteroatoms. The summed E-state index contributed by atoms with van der Waals surface area (Å²) >= 11 is 1.60. The smallest absolute Gasteiger partial charge is 0.262 e. The fourth-order valence-corrected chi connectivity index (χ4v) is 4.99. The van der Waals surface area contributed by atoms with Gasteiger partial charge in [-0.15, -0.1) is 23.7 Å². The Hall–Kier alpha value is -0.990. The number of nitrogens with one attached hydrogen (secondary N) is 1. The second kappa shape index (κ2) is 8.80. The van der Waals surface area contributed by atoms with E-state index in [4.69, 9.17) is 4.74 Å². The van der Waals surface area contributed by atoms with Gasteiger partial charge in [-0.25, -0.2) is 4.98 Å². The first-order chi connectivity index (χ1) is 12.2. The zero-order chi connectivity index (χ0) is 17.2. The number of aromatic nitrogens is 2. The summed E-state index contributed by atoms with van der Waals surface area (Å²) in [4.78, 5) is 19.3. The van der Waals surface area contributed by atoms with Crippen LogP contribution in [0.15, 0.2) is 11.1 Å². The van der Waals surface area contributed by atoms with Gasteiger partial charge in [-0.1, -0.05) is 19.3 Å². The monoisotopic (exact) mass is 399 g/mol. The fraction of sp³-hybridized carbons (Fsp3) is 0.667. The molecule has 0 amide bonds. The quantitative estimate of drug-likeness (QED) is 0.806. The minimum Gasteiger partial charge on any atom is -0.389 e. The van der Waals surface area contributed by atoms with Gasteiger partial charge < -0.3 is 15.2 Å². The van der Waals surface area contributed by atoms with Crippen LogP contribution >= 0.6 is 23.7 Å². The van der Waals surface area contributed by atoms with Crippen LogP contribution in [-0.4, -0.2) is 40.0 Å². The predicted octanol–water partition coefficient (Wildman–Crippen LogP) is 2.24. The summed E-state index contributed by atoms with van der Waals surface area (Å²) in [6.07, 6.45) is 7.85. The van der Waals surface area contributed by atoms with Crippen LogP contribution in [0.4, 0.5) is 0 Å². The van der Waals surface area contributed by atoms with Crippen LogP contribution in [0.3, 0.4) is 0 Å². The molecule has 2 aromatic heterocycles. The molecule has 2 aromatic rings. The first kappa shape index (κ1) is 19.8. The number of aliphatic hydroxyl groups is 1. The third-order valence-electron chi connectivity index (χ3n) is 5.18. The number of thiophene rings is 1. The highest BCUT2D eigenvalue weighted by molar-refractivity contribution is 7.18. The van der Waals surface area contributed by atoms with E-state index in [1.54, 1.807) is 17.7 Å². The van der Waals surface area contributed by atoms with Gasteiger partial charge in [0.2, 0.25) is 0 Å². The van der Waals surface area contributed by atoms with Crippen molar-refractivity contribution in [2.24, 2.45) is 0 Å². The molecule has 2 aliphatic rings. The lowest BCUT2D eigenvalue weighted by Gasteiger charge is -2.23. The van der Waals surface area contributed by atoms with Gasteiger partial charge in [-0.3, -0.25) is 9.36 Å². The van der Waals surface area contributed by atoms with Gasteiger partial charge in [0.05, 0.1) is 37.1 Å². The Labute approximate surface area is 163 Å². The van der Waals surface area contributed by atoms with E-state index < -0.39 is 6.10 Å². The van der Waals surface area contributed by atoms with E-state index in [-0.39, 0.29) is 37.2 Å². The highest BCUT2D eigenvalue weighted by atomic mass is 35.5. The Morgan fingerprint density at radius 1 is 1.38 bits per heavy atom. The molecular formula is C18H26ClN3O3S. The summed E-state index contributed by atoms with van der Waals surface area (Å²) in [5, 5.41) is 14.4. The summed E-state index contributed by atoms with van der Waals surface area (Å²) in [5.74, 6) is 0. The molecule has 0 spiro atoms. The Kier molecular flexibility index (Phi) is 6.69. The fourth-order valence-electron chi connectivity index (χ4n) is 3.84. The number of hydrogen-bond donors (Lipinski definition) is 2. The number of ether oxygens (including phenoxy) is 1. The molecule has 0 aromatic carbocycles. The average Bonchev–Trinajstić information content (AvgIpc) is 3.02. The average molecular weight is 400 g/mol. The van der Waals surface area contributed by atoms with Crippen molar-refractivity contribution in [2.75, 3.05) is 13.2 Å². The molecule has 6 nitrogen and oxygen atoms in total. The number of fused-ring (bicyclic) bond motifs is 3. The van der Waals surface area contributed by atoms with Gasteiger partial charge in [-0.2, -0.15) is 0 Å². The Morgan fingerprint density at radius 2 is 2.19 bits per heavy atom. The van der Waals surface area contributed by atoms with Gasteiger partial charge in [0, 0.05) is 11.4 Å². The van der Waals surface area contributed by atoms with E-state index >= 15 is 0 Å². The summed E-state index contributed by atoms with van der Waals surface area (Å²) in [7, 11) is 0. The molecule has 26 heavy (non-hydrogen) atoms. The molecule has 3 heterocycles. The second-order valence-corrected chi connectivity index (χ2v) is 8.14. The topological polar surface area (TPSA) is 76.4 Å². The Morgan fingerprint density at radius 3 is 3.00 bits per heavy atom. The van der Waals surface area contributed by atoms with Gasteiger partial charge in [0.15, 0.2) is 0 Å². The van der Waals surface area contributed by atoms with E-state index in [1.807, 2.05) is 0 Å². The van der Waals surface area contributed by atoms with Crippen LogP contribution in [0.5, 0.6) is 0 Å². The SMILES string of the molecule is Cl.O=c1c2c3c(sc2ncn1CC(O)COC1CCCCC1)CNCC3. The van der Waals surface area contributed by atoms with Crippen molar-refractivity contribution in [3.05, 3.63) is 27.1 Å². The molecule has 1 fully saturated rings. The number of halogens is 1. The van der Waals surface area contributed by atoms with Crippen LogP contribution in [0, 0.1) is 0 Å². The van der Waals surface area contributed by atoms with E-state index in [2.05, 4.69) is 10.3 Å². The van der Waals surface area contributed by atoms with E-state index in [0.29, 0.717) is 0 Å². The third-order valence-corrected chi connectivity index (χ3v) is 6.32. The van der Waals surface area contributed by atoms with Crippen molar-refractivity contribution in [3.8, 4) is 0 Å².